The van der Waals surface area contributed by atoms with E-state index < -0.39 is 0 Å². The fraction of sp³-hybridized carbons (Fsp3) is 0.500. The minimum Gasteiger partial charge on any atom is -0.489 e. The highest BCUT2D eigenvalue weighted by molar-refractivity contribution is 6.29. The van der Waals surface area contributed by atoms with E-state index in [0.717, 1.165) is 68.5 Å². The van der Waals surface area contributed by atoms with Crippen LogP contribution in [0.1, 0.15) is 40.0 Å². The van der Waals surface area contributed by atoms with Crippen LogP contribution in [0.3, 0.4) is 0 Å². The Hall–Kier alpha value is -2.35. The maximum Gasteiger partial charge on any atom is 0.261 e. The van der Waals surface area contributed by atoms with Gasteiger partial charge in [-0.3, -0.25) is 19.4 Å². The summed E-state index contributed by atoms with van der Waals surface area (Å²) in [6.07, 6.45) is 4.43. The molecule has 170 valence electrons. The van der Waals surface area contributed by atoms with E-state index in [0.29, 0.717) is 30.9 Å². The van der Waals surface area contributed by atoms with Gasteiger partial charge in [-0.05, 0) is 37.6 Å². The molecule has 0 saturated carbocycles. The molecule has 0 bridgehead atoms. The number of ether oxygens (including phenoxy) is 2. The van der Waals surface area contributed by atoms with Crippen molar-refractivity contribution in [3.8, 4) is 0 Å². The van der Waals surface area contributed by atoms with Gasteiger partial charge in [-0.15, -0.1) is 0 Å². The zero-order chi connectivity index (χ0) is 22.1. The monoisotopic (exact) mass is 457 g/mol. The van der Waals surface area contributed by atoms with Crippen LogP contribution < -0.4 is 0 Å². The van der Waals surface area contributed by atoms with Crippen LogP contribution >= 0.6 is 11.6 Å². The van der Waals surface area contributed by atoms with E-state index in [9.17, 15) is 9.59 Å². The van der Waals surface area contributed by atoms with Gasteiger partial charge in [0.2, 0.25) is 0 Å². The largest absolute Gasteiger partial charge is 0.489 e. The number of unbranched alkanes of at least 4 members (excludes halogenated alkanes) is 1. The van der Waals surface area contributed by atoms with Crippen molar-refractivity contribution < 1.29 is 19.1 Å². The third-order valence-electron chi connectivity index (χ3n) is 6.65. The first-order valence-electron chi connectivity index (χ1n) is 11.4. The van der Waals surface area contributed by atoms with Crippen LogP contribution in [0.5, 0.6) is 0 Å². The molecule has 0 spiro atoms. The van der Waals surface area contributed by atoms with E-state index in [4.69, 9.17) is 21.1 Å². The van der Waals surface area contributed by atoms with Gasteiger partial charge in [0.15, 0.2) is 11.5 Å². The standard InChI is InChI=1S/C24H28ClN3O4/c25-17-15-20(22-21(16-17)31-13-14-32-22)27-11-9-26(10-12-27)7-3-4-8-28-23(29)18-5-1-2-6-19(18)24(28)30/h1-2,5-6,16,20H,3-4,7-15H2. The molecule has 5 rings (SSSR count). The van der Waals surface area contributed by atoms with Gasteiger partial charge >= 0.3 is 0 Å². The number of hydrogen-bond donors (Lipinski definition) is 0. The molecule has 32 heavy (non-hydrogen) atoms. The first-order valence-corrected chi connectivity index (χ1v) is 11.8. The van der Waals surface area contributed by atoms with Crippen molar-refractivity contribution >= 4 is 23.4 Å². The Morgan fingerprint density at radius 1 is 0.906 bits per heavy atom. The molecular formula is C24H28ClN3O4. The topological polar surface area (TPSA) is 62.3 Å². The van der Waals surface area contributed by atoms with Gasteiger partial charge in [0.1, 0.15) is 13.2 Å². The van der Waals surface area contributed by atoms with Crippen LogP contribution in [0.2, 0.25) is 0 Å². The van der Waals surface area contributed by atoms with Crippen molar-refractivity contribution in [1.82, 2.24) is 14.7 Å². The summed E-state index contributed by atoms with van der Waals surface area (Å²) < 4.78 is 11.7. The molecule has 0 radical (unpaired) electrons. The number of hydrogen-bond acceptors (Lipinski definition) is 6. The van der Waals surface area contributed by atoms with Crippen LogP contribution in [-0.2, 0) is 9.47 Å². The lowest BCUT2D eigenvalue weighted by Crippen LogP contribution is -2.52. The third-order valence-corrected chi connectivity index (χ3v) is 6.92. The predicted octanol–water partition coefficient (Wildman–Crippen LogP) is 2.83. The second-order valence-corrected chi connectivity index (χ2v) is 9.11. The molecule has 7 nitrogen and oxygen atoms in total. The quantitative estimate of drug-likeness (QED) is 0.483. The van der Waals surface area contributed by atoms with Crippen LogP contribution in [0.25, 0.3) is 0 Å². The van der Waals surface area contributed by atoms with E-state index >= 15 is 0 Å². The van der Waals surface area contributed by atoms with Crippen molar-refractivity contribution in [3.05, 3.63) is 58.0 Å². The highest BCUT2D eigenvalue weighted by Gasteiger charge is 2.35. The summed E-state index contributed by atoms with van der Waals surface area (Å²) in [5.74, 6) is 1.38. The molecule has 0 aromatic heterocycles. The first kappa shape index (κ1) is 21.5. The highest BCUT2D eigenvalue weighted by Crippen LogP contribution is 2.33. The van der Waals surface area contributed by atoms with Gasteiger partial charge in [0.05, 0.1) is 17.2 Å². The number of halogens is 1. The van der Waals surface area contributed by atoms with Crippen molar-refractivity contribution in [1.29, 1.82) is 0 Å². The first-order chi connectivity index (χ1) is 15.6. The lowest BCUT2D eigenvalue weighted by molar-refractivity contribution is 0.0205. The maximum absolute atomic E-state index is 12.5. The van der Waals surface area contributed by atoms with Gasteiger partial charge in [0.25, 0.3) is 11.8 Å². The average Bonchev–Trinajstić information content (AvgIpc) is 3.06. The van der Waals surface area contributed by atoms with E-state index in [1.54, 1.807) is 24.3 Å². The molecule has 1 aliphatic carbocycles. The van der Waals surface area contributed by atoms with Crippen molar-refractivity contribution in [2.24, 2.45) is 0 Å². The Bertz CT molecular complexity index is 933. The molecule has 8 heteroatoms. The van der Waals surface area contributed by atoms with Crippen molar-refractivity contribution in [2.75, 3.05) is 52.5 Å². The molecule has 1 aromatic carbocycles. The normalized spacial score (nSPS) is 24.1. The molecule has 2 amide bonds. The number of amides is 2. The molecule has 0 N–H and O–H groups in total. The van der Waals surface area contributed by atoms with Gasteiger partial charge in [-0.2, -0.15) is 0 Å². The third kappa shape index (κ3) is 4.17. The number of fused-ring (bicyclic) bond motifs is 1. The van der Waals surface area contributed by atoms with E-state index in [1.165, 1.54) is 4.90 Å². The van der Waals surface area contributed by atoms with Gasteiger partial charge in [-0.1, -0.05) is 23.7 Å². The molecule has 1 aromatic rings. The zero-order valence-electron chi connectivity index (χ0n) is 18.1. The lowest BCUT2D eigenvalue weighted by atomic mass is 10.0. The van der Waals surface area contributed by atoms with Gasteiger partial charge in [0, 0.05) is 44.2 Å². The Kier molecular flexibility index (Phi) is 6.22. The maximum atomic E-state index is 12.5. The average molecular weight is 458 g/mol. The molecule has 1 fully saturated rings. The Morgan fingerprint density at radius 3 is 2.28 bits per heavy atom. The number of piperazine rings is 1. The zero-order valence-corrected chi connectivity index (χ0v) is 18.9. The minimum atomic E-state index is -0.165. The van der Waals surface area contributed by atoms with Crippen LogP contribution in [-0.4, -0.2) is 85.0 Å². The highest BCUT2D eigenvalue weighted by atomic mass is 35.5. The summed E-state index contributed by atoms with van der Waals surface area (Å²) >= 11 is 6.37. The van der Waals surface area contributed by atoms with Gasteiger partial charge < -0.3 is 14.4 Å². The number of carbonyl (C=O) groups is 2. The molecular weight excluding hydrogens is 430 g/mol. The van der Waals surface area contributed by atoms with Crippen LogP contribution in [0.4, 0.5) is 0 Å². The van der Waals surface area contributed by atoms with E-state index in [2.05, 4.69) is 9.80 Å². The second-order valence-electron chi connectivity index (χ2n) is 8.63. The Morgan fingerprint density at radius 2 is 1.56 bits per heavy atom. The lowest BCUT2D eigenvalue weighted by Gasteiger charge is -2.41. The fourth-order valence-electron chi connectivity index (χ4n) is 4.94. The van der Waals surface area contributed by atoms with Crippen LogP contribution in [0.15, 0.2) is 46.9 Å². The second kappa shape index (κ2) is 9.25. The number of carbonyl (C=O) groups excluding carboxylic acids is 2. The predicted molar refractivity (Wildman–Crippen MR) is 120 cm³/mol. The van der Waals surface area contributed by atoms with Crippen LogP contribution in [0, 0.1) is 0 Å². The smallest absolute Gasteiger partial charge is 0.261 e. The SMILES string of the molecule is O=C1c2ccccc2C(=O)N1CCCCN1CCN(C2CC(Cl)=CC3=C2OCCO3)CC1. The van der Waals surface area contributed by atoms with E-state index in [-0.39, 0.29) is 17.9 Å². The Balaban J connectivity index is 1.07. The molecule has 4 aliphatic rings. The fourth-order valence-corrected chi connectivity index (χ4v) is 5.18. The molecule has 1 unspecified atom stereocenters. The molecule has 3 aliphatic heterocycles. The van der Waals surface area contributed by atoms with Gasteiger partial charge in [-0.25, -0.2) is 0 Å². The van der Waals surface area contributed by atoms with E-state index in [1.807, 2.05) is 6.08 Å². The summed E-state index contributed by atoms with van der Waals surface area (Å²) in [5, 5.41) is 0.815. The summed E-state index contributed by atoms with van der Waals surface area (Å²) in [7, 11) is 0. The summed E-state index contributed by atoms with van der Waals surface area (Å²) in [4.78, 5) is 31.2. The number of allylic oxidation sites excluding steroid dienone is 1. The molecule has 3 heterocycles. The summed E-state index contributed by atoms with van der Waals surface area (Å²) in [6.45, 7) is 6.47. The number of rotatable bonds is 6. The summed E-state index contributed by atoms with van der Waals surface area (Å²) in [6, 6.07) is 7.21. The van der Waals surface area contributed by atoms with Crippen molar-refractivity contribution in [2.45, 2.75) is 25.3 Å². The minimum absolute atomic E-state index is 0.152. The Labute approximate surface area is 193 Å². The molecule has 1 saturated heterocycles. The number of nitrogens with zero attached hydrogens (tertiary/aromatic N) is 3. The number of imide groups is 1. The summed E-state index contributed by atoms with van der Waals surface area (Å²) in [5.41, 5.74) is 1.05. The number of benzene rings is 1. The van der Waals surface area contributed by atoms with Crippen molar-refractivity contribution in [3.63, 3.8) is 0 Å². The molecule has 1 atom stereocenters.